The Balaban J connectivity index is 1.59. The van der Waals surface area contributed by atoms with Gasteiger partial charge in [0.15, 0.2) is 11.6 Å². The molecule has 2 aliphatic heterocycles. The van der Waals surface area contributed by atoms with Gasteiger partial charge >= 0.3 is 0 Å². The molecule has 0 radical (unpaired) electrons. The molecule has 1 saturated heterocycles. The molecule has 1 N–H and O–H groups in total. The molecular formula is C17H19FN4O3S. The minimum atomic E-state index is -3.66. The maximum absolute atomic E-state index is 14.4. The Morgan fingerprint density at radius 3 is 2.96 bits per heavy atom. The van der Waals surface area contributed by atoms with Crippen molar-refractivity contribution in [3.05, 3.63) is 42.1 Å². The van der Waals surface area contributed by atoms with Crippen molar-refractivity contribution in [2.24, 2.45) is 0 Å². The van der Waals surface area contributed by atoms with E-state index in [1.54, 1.807) is 24.3 Å². The first-order valence-electron chi connectivity index (χ1n) is 8.50. The molecule has 1 fully saturated rings. The quantitative estimate of drug-likeness (QED) is 0.877. The molecule has 1 aromatic carbocycles. The van der Waals surface area contributed by atoms with Crippen LogP contribution in [0.25, 0.3) is 0 Å². The Kier molecular flexibility index (Phi) is 4.28. The fraction of sp³-hybridized carbons (Fsp3) is 0.412. The molecule has 0 unspecified atom stereocenters. The topological polar surface area (TPSA) is 84.4 Å². The number of hydrogen-bond donors (Lipinski definition) is 1. The number of hydrogen-bond acceptors (Lipinski definition) is 6. The standard InChI is InChI=1S/C17H19FN4O3S/c1-2-13-16(18)17(20-10-19-13)21-11-7-12-9-25-14-5-3-4-6-15(14)26(23,24)22(12)8-11/h3-6,10-12H,2,7-9H2,1H3,(H,19,20,21)/t11-,12-/m0/s1. The summed E-state index contributed by atoms with van der Waals surface area (Å²) in [5.41, 5.74) is 0.333. The Hall–Kier alpha value is -2.26. The Morgan fingerprint density at radius 2 is 2.15 bits per heavy atom. The molecular weight excluding hydrogens is 359 g/mol. The highest BCUT2D eigenvalue weighted by Crippen LogP contribution is 2.35. The van der Waals surface area contributed by atoms with Gasteiger partial charge in [-0.2, -0.15) is 4.31 Å². The first kappa shape index (κ1) is 17.2. The molecule has 0 aliphatic carbocycles. The van der Waals surface area contributed by atoms with E-state index in [1.165, 1.54) is 10.6 Å². The predicted molar refractivity (Wildman–Crippen MR) is 93.0 cm³/mol. The van der Waals surface area contributed by atoms with Gasteiger partial charge in [-0.3, -0.25) is 0 Å². The number of sulfonamides is 1. The average molecular weight is 378 g/mol. The van der Waals surface area contributed by atoms with Crippen LogP contribution in [-0.2, 0) is 16.4 Å². The van der Waals surface area contributed by atoms with Gasteiger partial charge < -0.3 is 10.1 Å². The first-order valence-corrected chi connectivity index (χ1v) is 9.94. The number of nitrogens with one attached hydrogen (secondary N) is 1. The molecule has 0 bridgehead atoms. The molecule has 4 rings (SSSR count). The molecule has 0 saturated carbocycles. The van der Waals surface area contributed by atoms with Crippen LogP contribution in [0.5, 0.6) is 5.75 Å². The zero-order chi connectivity index (χ0) is 18.3. The fourth-order valence-electron chi connectivity index (χ4n) is 3.48. The van der Waals surface area contributed by atoms with Gasteiger partial charge in [0.2, 0.25) is 10.0 Å². The third-order valence-electron chi connectivity index (χ3n) is 4.77. The van der Waals surface area contributed by atoms with Gasteiger partial charge in [-0.1, -0.05) is 19.1 Å². The normalized spacial score (nSPS) is 24.2. The number of benzene rings is 1. The fourth-order valence-corrected chi connectivity index (χ4v) is 5.28. The summed E-state index contributed by atoms with van der Waals surface area (Å²) >= 11 is 0. The number of aryl methyl sites for hydroxylation is 1. The molecule has 1 aromatic heterocycles. The van der Waals surface area contributed by atoms with Gasteiger partial charge in [-0.15, -0.1) is 0 Å². The lowest BCUT2D eigenvalue weighted by molar-refractivity contribution is 0.240. The van der Waals surface area contributed by atoms with Gasteiger partial charge in [0, 0.05) is 12.6 Å². The van der Waals surface area contributed by atoms with Crippen molar-refractivity contribution in [1.82, 2.24) is 14.3 Å². The number of fused-ring (bicyclic) bond motifs is 2. The lowest BCUT2D eigenvalue weighted by Gasteiger charge is -2.19. The zero-order valence-electron chi connectivity index (χ0n) is 14.2. The predicted octanol–water partition coefficient (Wildman–Crippen LogP) is 1.81. The van der Waals surface area contributed by atoms with Crippen molar-refractivity contribution >= 4 is 15.8 Å². The summed E-state index contributed by atoms with van der Waals surface area (Å²) in [5.74, 6) is 0.000569. The van der Waals surface area contributed by atoms with Crippen LogP contribution in [0.4, 0.5) is 10.2 Å². The van der Waals surface area contributed by atoms with E-state index in [9.17, 15) is 12.8 Å². The van der Waals surface area contributed by atoms with Crippen LogP contribution in [0.2, 0.25) is 0 Å². The second kappa shape index (κ2) is 6.48. The van der Waals surface area contributed by atoms with Crippen LogP contribution in [0.3, 0.4) is 0 Å². The molecule has 26 heavy (non-hydrogen) atoms. The maximum Gasteiger partial charge on any atom is 0.247 e. The van der Waals surface area contributed by atoms with Crippen molar-refractivity contribution < 1.29 is 17.5 Å². The number of nitrogens with zero attached hydrogens (tertiary/aromatic N) is 3. The Labute approximate surface area is 151 Å². The largest absolute Gasteiger partial charge is 0.490 e. The minimum absolute atomic E-state index is 0.109. The smallest absolute Gasteiger partial charge is 0.247 e. The van der Waals surface area contributed by atoms with Gasteiger partial charge in [-0.25, -0.2) is 22.8 Å². The molecule has 2 atom stereocenters. The third-order valence-corrected chi connectivity index (χ3v) is 6.73. The van der Waals surface area contributed by atoms with Crippen molar-refractivity contribution in [2.75, 3.05) is 18.5 Å². The highest BCUT2D eigenvalue weighted by molar-refractivity contribution is 7.89. The number of aromatic nitrogens is 2. The lowest BCUT2D eigenvalue weighted by Crippen LogP contribution is -2.37. The van der Waals surface area contributed by atoms with Gasteiger partial charge in [-0.05, 0) is 25.0 Å². The second-order valence-corrected chi connectivity index (χ2v) is 8.26. The van der Waals surface area contributed by atoms with E-state index in [0.717, 1.165) is 0 Å². The SMILES string of the molecule is CCc1ncnc(N[C@H]2C[C@H]3COc4ccccc4S(=O)(=O)N3C2)c1F. The van der Waals surface area contributed by atoms with E-state index in [2.05, 4.69) is 15.3 Å². The minimum Gasteiger partial charge on any atom is -0.490 e. The van der Waals surface area contributed by atoms with E-state index >= 15 is 0 Å². The van der Waals surface area contributed by atoms with Crippen LogP contribution in [0.15, 0.2) is 35.5 Å². The lowest BCUT2D eigenvalue weighted by atomic mass is 10.2. The summed E-state index contributed by atoms with van der Waals surface area (Å²) in [4.78, 5) is 8.05. The van der Waals surface area contributed by atoms with Gasteiger partial charge in [0.05, 0.1) is 11.7 Å². The number of rotatable bonds is 3. The van der Waals surface area contributed by atoms with Crippen LogP contribution in [0.1, 0.15) is 19.0 Å². The molecule has 3 heterocycles. The van der Waals surface area contributed by atoms with Crippen molar-refractivity contribution in [3.63, 3.8) is 0 Å². The molecule has 7 nitrogen and oxygen atoms in total. The van der Waals surface area contributed by atoms with E-state index < -0.39 is 15.8 Å². The van der Waals surface area contributed by atoms with Crippen molar-refractivity contribution in [3.8, 4) is 5.75 Å². The maximum atomic E-state index is 14.4. The zero-order valence-corrected chi connectivity index (χ0v) is 15.0. The van der Waals surface area contributed by atoms with E-state index in [0.29, 0.717) is 24.3 Å². The van der Waals surface area contributed by atoms with Crippen molar-refractivity contribution in [1.29, 1.82) is 0 Å². The van der Waals surface area contributed by atoms with Crippen LogP contribution < -0.4 is 10.1 Å². The van der Waals surface area contributed by atoms with E-state index in [1.807, 2.05) is 6.92 Å². The monoisotopic (exact) mass is 378 g/mol. The number of ether oxygens (including phenoxy) is 1. The van der Waals surface area contributed by atoms with Crippen LogP contribution in [-0.4, -0.2) is 47.9 Å². The summed E-state index contributed by atoms with van der Waals surface area (Å²) in [6.07, 6.45) is 2.28. The summed E-state index contributed by atoms with van der Waals surface area (Å²) < 4.78 is 47.5. The van der Waals surface area contributed by atoms with E-state index in [-0.39, 0.29) is 35.9 Å². The van der Waals surface area contributed by atoms with E-state index in [4.69, 9.17) is 4.74 Å². The number of halogens is 1. The highest BCUT2D eigenvalue weighted by atomic mass is 32.2. The average Bonchev–Trinajstić information content (AvgIpc) is 3.01. The first-order chi connectivity index (χ1) is 12.5. The summed E-state index contributed by atoms with van der Waals surface area (Å²) in [6.45, 7) is 2.31. The van der Waals surface area contributed by atoms with Crippen LogP contribution in [0, 0.1) is 5.82 Å². The third kappa shape index (κ3) is 2.80. The van der Waals surface area contributed by atoms with Gasteiger partial charge in [0.1, 0.15) is 23.6 Å². The molecule has 0 spiro atoms. The van der Waals surface area contributed by atoms with Crippen molar-refractivity contribution in [2.45, 2.75) is 36.7 Å². The number of anilines is 1. The Bertz CT molecular complexity index is 937. The molecule has 0 amide bonds. The van der Waals surface area contributed by atoms with Gasteiger partial charge in [0.25, 0.3) is 0 Å². The molecule has 2 aromatic rings. The summed E-state index contributed by atoms with van der Waals surface area (Å²) in [6, 6.07) is 6.07. The highest BCUT2D eigenvalue weighted by Gasteiger charge is 2.44. The molecule has 9 heteroatoms. The second-order valence-electron chi connectivity index (χ2n) is 6.40. The summed E-state index contributed by atoms with van der Waals surface area (Å²) in [7, 11) is -3.66. The molecule has 2 aliphatic rings. The van der Waals surface area contributed by atoms with Crippen LogP contribution >= 0.6 is 0 Å². The number of para-hydroxylation sites is 1. The summed E-state index contributed by atoms with van der Waals surface area (Å²) in [5, 5.41) is 3.03. The Morgan fingerprint density at radius 1 is 1.35 bits per heavy atom. The molecule has 138 valence electrons.